The van der Waals surface area contributed by atoms with Crippen LogP contribution in [0.2, 0.25) is 5.02 Å². The smallest absolute Gasteiger partial charge is 0.181 e. The summed E-state index contributed by atoms with van der Waals surface area (Å²) in [5, 5.41) is 17.9. The third-order valence-corrected chi connectivity index (χ3v) is 5.12. The minimum Gasteiger partial charge on any atom is -0.455 e. The lowest BCUT2D eigenvalue weighted by atomic mass is 10.2. The monoisotopic (exact) mass is 414 g/mol. The summed E-state index contributed by atoms with van der Waals surface area (Å²) in [4.78, 5) is 8.87. The highest BCUT2D eigenvalue weighted by atomic mass is 35.5. The minimum atomic E-state index is 0.441. The zero-order valence-electron chi connectivity index (χ0n) is 15.9. The van der Waals surface area contributed by atoms with Crippen LogP contribution in [0, 0.1) is 18.3 Å². The van der Waals surface area contributed by atoms with Gasteiger partial charge in [0.1, 0.15) is 17.1 Å². The molecular formula is C22H15ClN6O. The standard InChI is InChI=1S/C22H15ClN6O/c1-13-4-6-29-19(21(13)30-16-8-14(11-24)7-15(23)9-16)12-26-20(29)10-18-17-3-2-5-25-22(17)28-27-18/h2-9,12H,10H2,1H3,(H,25,27,28). The molecule has 5 aromatic rings. The summed E-state index contributed by atoms with van der Waals surface area (Å²) >= 11 is 6.12. The maximum atomic E-state index is 9.19. The maximum absolute atomic E-state index is 9.19. The molecule has 0 aliphatic heterocycles. The van der Waals surface area contributed by atoms with Crippen molar-refractivity contribution in [2.24, 2.45) is 0 Å². The number of H-pyrrole nitrogens is 1. The van der Waals surface area contributed by atoms with Gasteiger partial charge in [-0.2, -0.15) is 10.4 Å². The first kappa shape index (κ1) is 18.2. The second kappa shape index (κ2) is 7.17. The number of rotatable bonds is 4. The average Bonchev–Trinajstić information content (AvgIpc) is 3.34. The van der Waals surface area contributed by atoms with Gasteiger partial charge in [0.05, 0.1) is 23.5 Å². The normalized spacial score (nSPS) is 11.1. The molecule has 8 heteroatoms. The number of hydrogen-bond acceptors (Lipinski definition) is 5. The Labute approximate surface area is 176 Å². The molecule has 0 aliphatic carbocycles. The van der Waals surface area contributed by atoms with E-state index in [1.807, 2.05) is 35.7 Å². The lowest BCUT2D eigenvalue weighted by Gasteiger charge is -2.12. The molecule has 1 aromatic carbocycles. The van der Waals surface area contributed by atoms with E-state index < -0.39 is 0 Å². The van der Waals surface area contributed by atoms with E-state index in [1.165, 1.54) is 0 Å². The van der Waals surface area contributed by atoms with E-state index in [1.54, 1.807) is 30.6 Å². The molecule has 30 heavy (non-hydrogen) atoms. The molecule has 0 saturated carbocycles. The molecule has 146 valence electrons. The van der Waals surface area contributed by atoms with Crippen LogP contribution < -0.4 is 4.74 Å². The number of nitrogens with zero attached hydrogens (tertiary/aromatic N) is 5. The van der Waals surface area contributed by atoms with Crippen molar-refractivity contribution in [1.29, 1.82) is 5.26 Å². The van der Waals surface area contributed by atoms with Crippen LogP contribution in [0.25, 0.3) is 16.6 Å². The van der Waals surface area contributed by atoms with Crippen LogP contribution in [-0.4, -0.2) is 24.6 Å². The van der Waals surface area contributed by atoms with Crippen molar-refractivity contribution in [3.05, 3.63) is 82.7 Å². The molecule has 0 fully saturated rings. The van der Waals surface area contributed by atoms with Gasteiger partial charge in [0.25, 0.3) is 0 Å². The predicted molar refractivity (Wildman–Crippen MR) is 113 cm³/mol. The van der Waals surface area contributed by atoms with E-state index in [0.717, 1.165) is 28.0 Å². The molecule has 0 bridgehead atoms. The highest BCUT2D eigenvalue weighted by Crippen LogP contribution is 2.32. The van der Waals surface area contributed by atoms with Crippen LogP contribution in [0.1, 0.15) is 22.6 Å². The molecule has 0 radical (unpaired) electrons. The summed E-state index contributed by atoms with van der Waals surface area (Å²) in [5.41, 5.74) is 3.84. The third-order valence-electron chi connectivity index (χ3n) is 4.90. The largest absolute Gasteiger partial charge is 0.455 e. The number of nitriles is 1. The topological polar surface area (TPSA) is 91.9 Å². The minimum absolute atomic E-state index is 0.441. The van der Waals surface area contributed by atoms with Crippen LogP contribution in [0.15, 0.2) is 55.0 Å². The first-order valence-electron chi connectivity index (χ1n) is 9.24. The van der Waals surface area contributed by atoms with Gasteiger partial charge < -0.3 is 9.14 Å². The van der Waals surface area contributed by atoms with Crippen LogP contribution in [0.4, 0.5) is 0 Å². The number of imidazole rings is 1. The molecule has 0 aliphatic rings. The number of benzene rings is 1. The molecule has 4 heterocycles. The third kappa shape index (κ3) is 3.13. The Morgan fingerprint density at radius 3 is 3.00 bits per heavy atom. The highest BCUT2D eigenvalue weighted by Gasteiger charge is 2.15. The zero-order chi connectivity index (χ0) is 20.7. The Hall–Kier alpha value is -3.89. The van der Waals surface area contributed by atoms with Gasteiger partial charge in [-0.1, -0.05) is 11.6 Å². The number of halogens is 1. The van der Waals surface area contributed by atoms with Gasteiger partial charge in [-0.05, 0) is 48.9 Å². The van der Waals surface area contributed by atoms with E-state index in [-0.39, 0.29) is 0 Å². The number of ether oxygens (including phenoxy) is 1. The maximum Gasteiger partial charge on any atom is 0.181 e. The van der Waals surface area contributed by atoms with Crippen molar-refractivity contribution < 1.29 is 4.74 Å². The van der Waals surface area contributed by atoms with Gasteiger partial charge in [-0.3, -0.25) is 5.10 Å². The fourth-order valence-electron chi connectivity index (χ4n) is 3.46. The van der Waals surface area contributed by atoms with Gasteiger partial charge in [-0.15, -0.1) is 0 Å². The van der Waals surface area contributed by atoms with Crippen LogP contribution in [-0.2, 0) is 6.42 Å². The zero-order valence-corrected chi connectivity index (χ0v) is 16.7. The summed E-state index contributed by atoms with van der Waals surface area (Å²) in [6.45, 7) is 1.96. The second-order valence-corrected chi connectivity index (χ2v) is 7.34. The summed E-state index contributed by atoms with van der Waals surface area (Å²) in [7, 11) is 0. The van der Waals surface area contributed by atoms with Crippen molar-refractivity contribution in [2.45, 2.75) is 13.3 Å². The van der Waals surface area contributed by atoms with E-state index in [4.69, 9.17) is 16.3 Å². The van der Waals surface area contributed by atoms with Crippen molar-refractivity contribution in [1.82, 2.24) is 24.6 Å². The molecule has 7 nitrogen and oxygen atoms in total. The van der Waals surface area contributed by atoms with Crippen molar-refractivity contribution in [2.75, 3.05) is 0 Å². The van der Waals surface area contributed by atoms with Gasteiger partial charge >= 0.3 is 0 Å². The first-order chi connectivity index (χ1) is 14.6. The number of aryl methyl sites for hydroxylation is 1. The second-order valence-electron chi connectivity index (χ2n) is 6.90. The van der Waals surface area contributed by atoms with Crippen molar-refractivity contribution in [3.63, 3.8) is 0 Å². The van der Waals surface area contributed by atoms with E-state index in [2.05, 4.69) is 26.2 Å². The molecule has 4 aromatic heterocycles. The lowest BCUT2D eigenvalue weighted by Crippen LogP contribution is -1.99. The summed E-state index contributed by atoms with van der Waals surface area (Å²) in [6.07, 6.45) is 6.03. The fraction of sp³-hybridized carbons (Fsp3) is 0.0909. The number of aromatic nitrogens is 5. The van der Waals surface area contributed by atoms with E-state index >= 15 is 0 Å². The SMILES string of the molecule is Cc1ccn2c(Cc3[nH]nc4ncccc34)ncc2c1Oc1cc(Cl)cc(C#N)c1. The number of hydrogen-bond donors (Lipinski definition) is 1. The highest BCUT2D eigenvalue weighted by molar-refractivity contribution is 6.30. The predicted octanol–water partition coefficient (Wildman–Crippen LogP) is 4.82. The molecular weight excluding hydrogens is 400 g/mol. The first-order valence-corrected chi connectivity index (χ1v) is 9.62. The lowest BCUT2D eigenvalue weighted by molar-refractivity contribution is 0.482. The number of fused-ring (bicyclic) bond motifs is 2. The molecule has 0 atom stereocenters. The Morgan fingerprint density at radius 1 is 1.23 bits per heavy atom. The Balaban J connectivity index is 1.55. The fourth-order valence-corrected chi connectivity index (χ4v) is 3.69. The molecule has 0 spiro atoms. The Bertz CT molecular complexity index is 1450. The number of aromatic amines is 1. The molecule has 0 unspecified atom stereocenters. The Kier molecular flexibility index (Phi) is 4.34. The van der Waals surface area contributed by atoms with Gasteiger partial charge in [0, 0.05) is 29.2 Å². The molecule has 0 saturated heterocycles. The summed E-state index contributed by atoms with van der Waals surface area (Å²) in [5.74, 6) is 2.01. The number of nitrogens with one attached hydrogen (secondary N) is 1. The van der Waals surface area contributed by atoms with Crippen LogP contribution >= 0.6 is 11.6 Å². The van der Waals surface area contributed by atoms with Gasteiger partial charge in [0.15, 0.2) is 11.4 Å². The van der Waals surface area contributed by atoms with Gasteiger partial charge in [-0.25, -0.2) is 9.97 Å². The number of pyridine rings is 2. The molecule has 1 N–H and O–H groups in total. The van der Waals surface area contributed by atoms with Gasteiger partial charge in [0.2, 0.25) is 0 Å². The van der Waals surface area contributed by atoms with Crippen LogP contribution in [0.5, 0.6) is 11.5 Å². The molecule has 5 rings (SSSR count). The van der Waals surface area contributed by atoms with Crippen molar-refractivity contribution in [3.8, 4) is 17.6 Å². The molecule has 0 amide bonds. The summed E-state index contributed by atoms with van der Waals surface area (Å²) < 4.78 is 8.13. The van der Waals surface area contributed by atoms with Crippen molar-refractivity contribution >= 4 is 28.2 Å². The average molecular weight is 415 g/mol. The summed E-state index contributed by atoms with van der Waals surface area (Å²) in [6, 6.07) is 12.9. The quantitative estimate of drug-likeness (QED) is 0.455. The van der Waals surface area contributed by atoms with E-state index in [9.17, 15) is 5.26 Å². The van der Waals surface area contributed by atoms with E-state index in [0.29, 0.717) is 34.2 Å². The van der Waals surface area contributed by atoms with Crippen LogP contribution in [0.3, 0.4) is 0 Å². The Morgan fingerprint density at radius 2 is 2.13 bits per heavy atom.